The van der Waals surface area contributed by atoms with E-state index in [0.717, 1.165) is 24.2 Å². The summed E-state index contributed by atoms with van der Waals surface area (Å²) in [6, 6.07) is 16.9. The molecule has 0 spiro atoms. The summed E-state index contributed by atoms with van der Waals surface area (Å²) in [5.41, 5.74) is 1.60. The van der Waals surface area contributed by atoms with E-state index in [0.29, 0.717) is 10.8 Å². The molecule has 0 saturated carbocycles. The fourth-order valence-corrected chi connectivity index (χ4v) is 5.27. The van der Waals surface area contributed by atoms with Gasteiger partial charge in [-0.1, -0.05) is 53.4 Å². The van der Waals surface area contributed by atoms with Crippen molar-refractivity contribution < 1.29 is 13.2 Å². The number of benzene rings is 2. The van der Waals surface area contributed by atoms with Gasteiger partial charge < -0.3 is 0 Å². The Morgan fingerprint density at radius 2 is 1.83 bits per heavy atom. The predicted octanol–water partition coefficient (Wildman–Crippen LogP) is 3.84. The smallest absolute Gasteiger partial charge is 0.246 e. The van der Waals surface area contributed by atoms with Crippen LogP contribution in [0.15, 0.2) is 58.9 Å². The van der Waals surface area contributed by atoms with E-state index in [1.54, 1.807) is 24.3 Å². The summed E-state index contributed by atoms with van der Waals surface area (Å²) in [4.78, 5) is 12.4. The van der Waals surface area contributed by atoms with Gasteiger partial charge >= 0.3 is 0 Å². The molecule has 0 aliphatic heterocycles. The van der Waals surface area contributed by atoms with Crippen LogP contribution in [0.2, 0.25) is 0 Å². The average molecular weight is 560 g/mol. The molecule has 3 aromatic rings. The second kappa shape index (κ2) is 9.87. The van der Waals surface area contributed by atoms with Crippen LogP contribution in [0.25, 0.3) is 0 Å². The van der Waals surface area contributed by atoms with Crippen molar-refractivity contribution >= 4 is 72.4 Å². The molecule has 2 aromatic carbocycles. The molecule has 0 aliphatic carbocycles. The third kappa shape index (κ3) is 6.66. The first-order chi connectivity index (χ1) is 13.8. The van der Waals surface area contributed by atoms with Crippen LogP contribution in [-0.2, 0) is 20.6 Å². The van der Waals surface area contributed by atoms with Crippen LogP contribution >= 0.6 is 45.7 Å². The number of nitrogens with one attached hydrogen (secondary N) is 1. The standard InChI is InChI=1S/C18H17IN4O3S3/c1-29(25,26)23(15-9-7-14(19)8-10-15)11-16(24)20-17-21-22-18(28-17)27-12-13-5-3-2-4-6-13/h2-10H,11-12H2,1H3,(H,20,21,24). The van der Waals surface area contributed by atoms with Gasteiger partial charge in [-0.25, -0.2) is 8.42 Å². The van der Waals surface area contributed by atoms with Crippen LogP contribution in [-0.4, -0.2) is 37.3 Å². The number of hydrogen-bond acceptors (Lipinski definition) is 7. The number of nitrogens with zero attached hydrogens (tertiary/aromatic N) is 3. The summed E-state index contributed by atoms with van der Waals surface area (Å²) in [6.07, 6.45) is 1.07. The summed E-state index contributed by atoms with van der Waals surface area (Å²) in [6.45, 7) is -0.342. The molecule has 3 rings (SSSR count). The lowest BCUT2D eigenvalue weighted by Crippen LogP contribution is -2.37. The van der Waals surface area contributed by atoms with E-state index in [2.05, 4.69) is 38.1 Å². The molecular formula is C18H17IN4O3S3. The first kappa shape index (κ1) is 22.0. The number of amides is 1. The van der Waals surface area contributed by atoms with E-state index in [-0.39, 0.29) is 6.54 Å². The number of sulfonamides is 1. The molecule has 11 heteroatoms. The molecule has 1 aromatic heterocycles. The topological polar surface area (TPSA) is 92.3 Å². The molecule has 29 heavy (non-hydrogen) atoms. The minimum Gasteiger partial charge on any atom is -0.299 e. The van der Waals surface area contributed by atoms with E-state index in [1.807, 2.05) is 30.3 Å². The summed E-state index contributed by atoms with van der Waals surface area (Å²) < 4.78 is 27.0. The third-order valence-corrected chi connectivity index (χ3v) is 7.56. The Morgan fingerprint density at radius 3 is 2.48 bits per heavy atom. The molecular weight excluding hydrogens is 543 g/mol. The van der Waals surface area contributed by atoms with Gasteiger partial charge in [0.25, 0.3) is 0 Å². The molecule has 0 unspecified atom stereocenters. The van der Waals surface area contributed by atoms with Gasteiger partial charge in [0.15, 0.2) is 4.34 Å². The van der Waals surface area contributed by atoms with Crippen molar-refractivity contribution in [1.29, 1.82) is 0 Å². The Hall–Kier alpha value is -1.70. The van der Waals surface area contributed by atoms with Crippen molar-refractivity contribution in [2.45, 2.75) is 10.1 Å². The molecule has 1 amide bonds. The fraction of sp³-hybridized carbons (Fsp3) is 0.167. The van der Waals surface area contributed by atoms with E-state index in [1.165, 1.54) is 28.7 Å². The normalized spacial score (nSPS) is 11.2. The first-order valence-electron chi connectivity index (χ1n) is 8.34. The van der Waals surface area contributed by atoms with Crippen molar-refractivity contribution in [3.63, 3.8) is 0 Å². The highest BCUT2D eigenvalue weighted by Gasteiger charge is 2.21. The number of carbonyl (C=O) groups is 1. The number of anilines is 2. The summed E-state index contributed by atoms with van der Waals surface area (Å²) in [7, 11) is -3.62. The largest absolute Gasteiger partial charge is 0.299 e. The monoisotopic (exact) mass is 560 g/mol. The van der Waals surface area contributed by atoms with Crippen molar-refractivity contribution in [3.8, 4) is 0 Å². The van der Waals surface area contributed by atoms with Gasteiger partial charge in [-0.3, -0.25) is 14.4 Å². The quantitative estimate of drug-likeness (QED) is 0.256. The minimum atomic E-state index is -3.62. The Labute approximate surface area is 191 Å². The molecule has 1 heterocycles. The molecule has 0 aliphatic rings. The van der Waals surface area contributed by atoms with Gasteiger partial charge in [0.2, 0.25) is 21.1 Å². The second-order valence-corrected chi connectivity index (χ2v) is 11.3. The lowest BCUT2D eigenvalue weighted by molar-refractivity contribution is -0.114. The number of rotatable bonds is 8. The van der Waals surface area contributed by atoms with Crippen LogP contribution in [0.5, 0.6) is 0 Å². The Kier molecular flexibility index (Phi) is 7.49. The highest BCUT2D eigenvalue weighted by atomic mass is 127. The number of carbonyl (C=O) groups excluding carboxylic acids is 1. The highest BCUT2D eigenvalue weighted by Crippen LogP contribution is 2.28. The highest BCUT2D eigenvalue weighted by molar-refractivity contribution is 14.1. The Bertz CT molecular complexity index is 1070. The average Bonchev–Trinajstić information content (AvgIpc) is 3.12. The molecule has 0 radical (unpaired) electrons. The first-order valence-corrected chi connectivity index (χ1v) is 13.1. The lowest BCUT2D eigenvalue weighted by Gasteiger charge is -2.21. The summed E-state index contributed by atoms with van der Waals surface area (Å²) in [5.74, 6) is 0.266. The van der Waals surface area contributed by atoms with E-state index < -0.39 is 15.9 Å². The number of hydrogen-bond donors (Lipinski definition) is 1. The molecule has 0 fully saturated rings. The Morgan fingerprint density at radius 1 is 1.14 bits per heavy atom. The van der Waals surface area contributed by atoms with Gasteiger partial charge in [0.1, 0.15) is 6.54 Å². The van der Waals surface area contributed by atoms with E-state index in [9.17, 15) is 13.2 Å². The molecule has 0 bridgehead atoms. The van der Waals surface area contributed by atoms with Gasteiger partial charge in [-0.2, -0.15) is 0 Å². The van der Waals surface area contributed by atoms with Crippen molar-refractivity contribution in [3.05, 3.63) is 63.7 Å². The van der Waals surface area contributed by atoms with Gasteiger partial charge in [-0.15, -0.1) is 10.2 Å². The van der Waals surface area contributed by atoms with Crippen LogP contribution in [0.3, 0.4) is 0 Å². The lowest BCUT2D eigenvalue weighted by atomic mass is 10.2. The fourth-order valence-electron chi connectivity index (χ4n) is 2.33. The molecule has 152 valence electrons. The maximum Gasteiger partial charge on any atom is 0.246 e. The van der Waals surface area contributed by atoms with Crippen LogP contribution < -0.4 is 9.62 Å². The number of thioether (sulfide) groups is 1. The SMILES string of the molecule is CS(=O)(=O)N(CC(=O)Nc1nnc(SCc2ccccc2)s1)c1ccc(I)cc1. The van der Waals surface area contributed by atoms with E-state index in [4.69, 9.17) is 0 Å². The number of halogens is 1. The molecule has 7 nitrogen and oxygen atoms in total. The zero-order chi connectivity index (χ0) is 20.9. The summed E-state index contributed by atoms with van der Waals surface area (Å²) >= 11 is 4.91. The van der Waals surface area contributed by atoms with Crippen LogP contribution in [0.1, 0.15) is 5.56 Å². The van der Waals surface area contributed by atoms with Crippen LogP contribution in [0, 0.1) is 3.57 Å². The van der Waals surface area contributed by atoms with Crippen LogP contribution in [0.4, 0.5) is 10.8 Å². The maximum atomic E-state index is 12.4. The number of aromatic nitrogens is 2. The zero-order valence-corrected chi connectivity index (χ0v) is 19.9. The van der Waals surface area contributed by atoms with Crippen molar-refractivity contribution in [2.75, 3.05) is 22.4 Å². The van der Waals surface area contributed by atoms with Crippen molar-refractivity contribution in [1.82, 2.24) is 10.2 Å². The van der Waals surface area contributed by atoms with Gasteiger partial charge in [0.05, 0.1) is 11.9 Å². The minimum absolute atomic E-state index is 0.335. The van der Waals surface area contributed by atoms with E-state index >= 15 is 0 Å². The Balaban J connectivity index is 1.61. The third-order valence-electron chi connectivity index (χ3n) is 3.66. The molecule has 0 atom stereocenters. The maximum absolute atomic E-state index is 12.4. The van der Waals surface area contributed by atoms with Gasteiger partial charge in [0, 0.05) is 9.32 Å². The second-order valence-electron chi connectivity index (χ2n) is 5.94. The van der Waals surface area contributed by atoms with Crippen molar-refractivity contribution in [2.24, 2.45) is 0 Å². The molecule has 0 saturated heterocycles. The predicted molar refractivity (Wildman–Crippen MR) is 126 cm³/mol. The van der Waals surface area contributed by atoms with Gasteiger partial charge in [-0.05, 0) is 52.4 Å². The summed E-state index contributed by atoms with van der Waals surface area (Å²) in [5, 5.41) is 11.0. The molecule has 1 N–H and O–H groups in total. The zero-order valence-electron chi connectivity index (χ0n) is 15.3.